The fourth-order valence-corrected chi connectivity index (χ4v) is 4.27. The molecule has 0 radical (unpaired) electrons. The van der Waals surface area contributed by atoms with Gasteiger partial charge in [0.15, 0.2) is 0 Å². The van der Waals surface area contributed by atoms with Crippen molar-refractivity contribution >= 4 is 35.1 Å². The Morgan fingerprint density at radius 2 is 2.29 bits per heavy atom. The van der Waals surface area contributed by atoms with Crippen LogP contribution in [0.15, 0.2) is 4.99 Å². The van der Waals surface area contributed by atoms with E-state index >= 15 is 0 Å². The molecular formula is C8H19N2OPS2. The molecule has 6 heteroatoms. The lowest BCUT2D eigenvalue weighted by Crippen LogP contribution is -2.09. The van der Waals surface area contributed by atoms with Gasteiger partial charge in [-0.1, -0.05) is 25.2 Å². The zero-order chi connectivity index (χ0) is 11.0. The molecule has 0 saturated heterocycles. The summed E-state index contributed by atoms with van der Waals surface area (Å²) in [6.07, 6.45) is 2.73. The van der Waals surface area contributed by atoms with E-state index in [1.54, 1.807) is 24.8 Å². The normalized spacial score (nSPS) is 18.0. The van der Waals surface area contributed by atoms with Crippen LogP contribution in [0.1, 0.15) is 27.2 Å². The molecule has 2 atom stereocenters. The van der Waals surface area contributed by atoms with Crippen LogP contribution in [0.5, 0.6) is 0 Å². The van der Waals surface area contributed by atoms with Crippen LogP contribution in [-0.2, 0) is 16.3 Å². The molecule has 3 nitrogen and oxygen atoms in total. The summed E-state index contributed by atoms with van der Waals surface area (Å²) >= 11 is 6.98. The number of aliphatic imine (C=N–C) groups is 1. The van der Waals surface area contributed by atoms with Gasteiger partial charge >= 0.3 is 0 Å². The molecule has 0 aliphatic heterocycles. The highest BCUT2D eigenvalue weighted by atomic mass is 32.9. The highest BCUT2D eigenvalue weighted by Crippen LogP contribution is 2.54. The number of nitrogens with zero attached hydrogens (tertiary/aromatic N) is 1. The Balaban J connectivity index is 4.07. The first kappa shape index (κ1) is 14.4. The van der Waals surface area contributed by atoms with Crippen LogP contribution in [0.2, 0.25) is 0 Å². The Labute approximate surface area is 96.0 Å². The van der Waals surface area contributed by atoms with E-state index in [-0.39, 0.29) is 0 Å². The molecule has 0 heterocycles. The molecule has 0 aromatic heterocycles. The zero-order valence-corrected chi connectivity index (χ0v) is 11.7. The average molecular weight is 254 g/mol. The third-order valence-corrected chi connectivity index (χ3v) is 7.46. The van der Waals surface area contributed by atoms with Gasteiger partial charge in [0.25, 0.3) is 0 Å². The summed E-state index contributed by atoms with van der Waals surface area (Å²) in [5.74, 6) is 0.954. The second-order valence-corrected chi connectivity index (χ2v) is 9.77. The maximum absolute atomic E-state index is 5.34. The third-order valence-electron chi connectivity index (χ3n) is 1.68. The van der Waals surface area contributed by atoms with Crippen molar-refractivity contribution in [2.45, 2.75) is 33.2 Å². The fourth-order valence-electron chi connectivity index (χ4n) is 0.649. The minimum absolute atomic E-state index is 0.342. The average Bonchev–Trinajstić information content (AvgIpc) is 2.18. The van der Waals surface area contributed by atoms with Crippen molar-refractivity contribution in [1.29, 1.82) is 0 Å². The van der Waals surface area contributed by atoms with E-state index in [0.717, 1.165) is 12.2 Å². The van der Waals surface area contributed by atoms with Crippen molar-refractivity contribution in [3.8, 4) is 0 Å². The van der Waals surface area contributed by atoms with E-state index in [2.05, 4.69) is 30.9 Å². The Kier molecular flexibility index (Phi) is 7.92. The monoisotopic (exact) mass is 254 g/mol. The smallest absolute Gasteiger partial charge is 0.210 e. The molecule has 0 aliphatic carbocycles. The van der Waals surface area contributed by atoms with Crippen LogP contribution < -0.4 is 5.09 Å². The van der Waals surface area contributed by atoms with E-state index in [9.17, 15) is 0 Å². The molecule has 1 N–H and O–H groups in total. The first-order chi connectivity index (χ1) is 6.58. The first-order valence-electron chi connectivity index (χ1n) is 4.67. The van der Waals surface area contributed by atoms with Crippen LogP contribution >= 0.6 is 17.0 Å². The van der Waals surface area contributed by atoms with Gasteiger partial charge in [0.1, 0.15) is 0 Å². The molecule has 0 fully saturated rings. The largest absolute Gasteiger partial charge is 0.330 e. The quantitative estimate of drug-likeness (QED) is 0.430. The van der Waals surface area contributed by atoms with E-state index in [0.29, 0.717) is 6.04 Å². The SMILES string of the molecule is CCSP(=S)(NC=NC(C)CC)OC. The van der Waals surface area contributed by atoms with Crippen LogP contribution in [0.25, 0.3) is 0 Å². The van der Waals surface area contributed by atoms with Gasteiger partial charge in [-0.2, -0.15) is 0 Å². The van der Waals surface area contributed by atoms with Gasteiger partial charge in [0, 0.05) is 13.2 Å². The first-order valence-corrected chi connectivity index (χ1v) is 8.98. The number of hydrogen-bond donors (Lipinski definition) is 1. The van der Waals surface area contributed by atoms with Crippen LogP contribution in [-0.4, -0.2) is 25.2 Å². The Hall–Kier alpha value is 0.430. The van der Waals surface area contributed by atoms with Crippen LogP contribution in [0.4, 0.5) is 0 Å². The van der Waals surface area contributed by atoms with E-state index < -0.39 is 5.62 Å². The molecule has 0 amide bonds. The molecule has 0 aromatic rings. The van der Waals surface area contributed by atoms with Crippen molar-refractivity contribution in [3.05, 3.63) is 0 Å². The highest BCUT2D eigenvalue weighted by Gasteiger charge is 2.13. The van der Waals surface area contributed by atoms with Gasteiger partial charge in [-0.05, 0) is 30.9 Å². The standard InChI is InChI=1S/C8H19N2OPS2/c1-5-8(3)9-7-10-12(13,11-4)14-6-2/h7-8H,5-6H2,1-4H3,(H,9,10,13). The second kappa shape index (κ2) is 7.69. The predicted octanol–water partition coefficient (Wildman–Crippen LogP) is 3.03. The summed E-state index contributed by atoms with van der Waals surface area (Å²) in [4.78, 5) is 4.29. The highest BCUT2D eigenvalue weighted by molar-refractivity contribution is 8.68. The summed E-state index contributed by atoms with van der Waals surface area (Å²) < 4.78 is 5.28. The molecule has 0 spiro atoms. The lowest BCUT2D eigenvalue weighted by Gasteiger charge is -2.17. The summed E-state index contributed by atoms with van der Waals surface area (Å²) in [7, 11) is 1.65. The van der Waals surface area contributed by atoms with Crippen molar-refractivity contribution in [2.24, 2.45) is 4.99 Å². The minimum atomic E-state index is -1.92. The molecule has 0 bridgehead atoms. The van der Waals surface area contributed by atoms with E-state index in [4.69, 9.17) is 16.3 Å². The van der Waals surface area contributed by atoms with Gasteiger partial charge in [-0.15, -0.1) is 0 Å². The van der Waals surface area contributed by atoms with E-state index in [1.807, 2.05) is 0 Å². The molecular weight excluding hydrogens is 235 g/mol. The minimum Gasteiger partial charge on any atom is -0.330 e. The third kappa shape index (κ3) is 6.02. The summed E-state index contributed by atoms with van der Waals surface area (Å²) in [6.45, 7) is 6.24. The second-order valence-electron chi connectivity index (χ2n) is 2.76. The van der Waals surface area contributed by atoms with Gasteiger partial charge in [-0.25, -0.2) is 0 Å². The maximum atomic E-state index is 5.34. The molecule has 2 unspecified atom stereocenters. The lowest BCUT2D eigenvalue weighted by atomic mass is 10.3. The van der Waals surface area contributed by atoms with Crippen molar-refractivity contribution < 1.29 is 4.52 Å². The molecule has 0 rings (SSSR count). The zero-order valence-electron chi connectivity index (χ0n) is 9.19. The Morgan fingerprint density at radius 1 is 1.64 bits per heavy atom. The lowest BCUT2D eigenvalue weighted by molar-refractivity contribution is 0.467. The molecule has 14 heavy (non-hydrogen) atoms. The Bertz CT molecular complexity index is 223. The number of hydrogen-bond acceptors (Lipinski definition) is 4. The van der Waals surface area contributed by atoms with Crippen molar-refractivity contribution in [1.82, 2.24) is 5.09 Å². The maximum Gasteiger partial charge on any atom is 0.210 e. The van der Waals surface area contributed by atoms with Crippen LogP contribution in [0, 0.1) is 0 Å². The van der Waals surface area contributed by atoms with Gasteiger partial charge < -0.3 is 9.61 Å². The summed E-state index contributed by atoms with van der Waals surface area (Å²) in [5.41, 5.74) is -1.92. The molecule has 0 aromatic carbocycles. The van der Waals surface area contributed by atoms with Gasteiger partial charge in [0.2, 0.25) is 5.62 Å². The molecule has 0 aliphatic rings. The van der Waals surface area contributed by atoms with Crippen LogP contribution in [0.3, 0.4) is 0 Å². The number of rotatable bonds is 7. The fraction of sp³-hybridized carbons (Fsp3) is 0.875. The van der Waals surface area contributed by atoms with Crippen molar-refractivity contribution in [3.63, 3.8) is 0 Å². The van der Waals surface area contributed by atoms with Gasteiger partial charge in [0.05, 0.1) is 6.34 Å². The van der Waals surface area contributed by atoms with Crippen molar-refractivity contribution in [2.75, 3.05) is 12.9 Å². The van der Waals surface area contributed by atoms with Gasteiger partial charge in [-0.3, -0.25) is 4.99 Å². The van der Waals surface area contributed by atoms with E-state index in [1.165, 1.54) is 0 Å². The number of nitrogens with one attached hydrogen (secondary N) is 1. The summed E-state index contributed by atoms with van der Waals surface area (Å²) in [6, 6.07) is 0.342. The Morgan fingerprint density at radius 3 is 2.71 bits per heavy atom. The topological polar surface area (TPSA) is 33.6 Å². The molecule has 0 saturated carbocycles. The molecule has 84 valence electrons. The summed E-state index contributed by atoms with van der Waals surface area (Å²) in [5, 5.41) is 3.09. The predicted molar refractivity (Wildman–Crippen MR) is 70.8 cm³/mol.